The molecule has 1 aliphatic rings. The molecule has 20 heavy (non-hydrogen) atoms. The molecule has 0 radical (unpaired) electrons. The molecule has 0 saturated heterocycles. The largest absolute Gasteiger partial charge is 0.357 e. The molecule has 1 fully saturated rings. The van der Waals surface area contributed by atoms with E-state index in [4.69, 9.17) is 0 Å². The van der Waals surface area contributed by atoms with Crippen molar-refractivity contribution in [3.8, 4) is 0 Å². The van der Waals surface area contributed by atoms with Gasteiger partial charge in [-0.2, -0.15) is 0 Å². The van der Waals surface area contributed by atoms with Gasteiger partial charge in [0.05, 0.1) is 0 Å². The van der Waals surface area contributed by atoms with Crippen LogP contribution in [0.3, 0.4) is 0 Å². The lowest BCUT2D eigenvalue weighted by Crippen LogP contribution is -2.38. The molecule has 0 atom stereocenters. The van der Waals surface area contributed by atoms with Crippen molar-refractivity contribution in [3.63, 3.8) is 0 Å². The van der Waals surface area contributed by atoms with Crippen molar-refractivity contribution < 1.29 is 8.78 Å². The van der Waals surface area contributed by atoms with Crippen LogP contribution in [0.15, 0.2) is 23.2 Å². The third-order valence-electron chi connectivity index (χ3n) is 2.93. The monoisotopic (exact) mass is 395 g/mol. The summed E-state index contributed by atoms with van der Waals surface area (Å²) in [7, 11) is 0. The number of nitrogens with one attached hydrogen (secondary N) is 2. The lowest BCUT2D eigenvalue weighted by Gasteiger charge is -2.10. The summed E-state index contributed by atoms with van der Waals surface area (Å²) in [6.45, 7) is 3.28. The molecule has 0 unspecified atom stereocenters. The molecular weight excluding hydrogens is 375 g/mol. The van der Waals surface area contributed by atoms with E-state index in [2.05, 4.69) is 15.6 Å². The zero-order valence-corrected chi connectivity index (χ0v) is 13.8. The van der Waals surface area contributed by atoms with E-state index in [1.54, 1.807) is 0 Å². The van der Waals surface area contributed by atoms with Crippen LogP contribution in [0.1, 0.15) is 25.3 Å². The van der Waals surface area contributed by atoms with Crippen LogP contribution < -0.4 is 10.6 Å². The minimum atomic E-state index is -0.548. The molecule has 0 bridgehead atoms. The predicted molar refractivity (Wildman–Crippen MR) is 87.6 cm³/mol. The van der Waals surface area contributed by atoms with E-state index in [1.807, 2.05) is 6.92 Å². The zero-order valence-electron chi connectivity index (χ0n) is 11.5. The lowest BCUT2D eigenvalue weighted by molar-refractivity contribution is 0.572. The van der Waals surface area contributed by atoms with Gasteiger partial charge in [0.2, 0.25) is 0 Å². The number of hydrogen-bond donors (Lipinski definition) is 2. The minimum absolute atomic E-state index is 0. The zero-order chi connectivity index (χ0) is 13.7. The van der Waals surface area contributed by atoms with Crippen molar-refractivity contribution in [3.05, 3.63) is 35.4 Å². The van der Waals surface area contributed by atoms with Gasteiger partial charge in [0.15, 0.2) is 5.96 Å². The van der Waals surface area contributed by atoms with Crippen LogP contribution in [0.2, 0.25) is 0 Å². The van der Waals surface area contributed by atoms with Gasteiger partial charge in [0.25, 0.3) is 0 Å². The van der Waals surface area contributed by atoms with Crippen molar-refractivity contribution in [2.45, 2.75) is 32.2 Å². The summed E-state index contributed by atoms with van der Waals surface area (Å²) >= 11 is 0. The second kappa shape index (κ2) is 8.39. The highest BCUT2D eigenvalue weighted by molar-refractivity contribution is 14.0. The van der Waals surface area contributed by atoms with Gasteiger partial charge in [-0.15, -0.1) is 24.0 Å². The molecule has 0 aromatic heterocycles. The number of nitrogens with zero attached hydrogens (tertiary/aromatic N) is 1. The highest BCUT2D eigenvalue weighted by Crippen LogP contribution is 2.18. The molecular formula is C14H20F2IN3. The lowest BCUT2D eigenvalue weighted by atomic mass is 10.1. The molecule has 2 N–H and O–H groups in total. The van der Waals surface area contributed by atoms with Crippen LogP contribution in [0.25, 0.3) is 0 Å². The number of benzene rings is 1. The summed E-state index contributed by atoms with van der Waals surface area (Å²) in [5, 5.41) is 6.44. The van der Waals surface area contributed by atoms with Gasteiger partial charge >= 0.3 is 0 Å². The van der Waals surface area contributed by atoms with Crippen LogP contribution in [-0.2, 0) is 6.42 Å². The molecule has 1 aliphatic carbocycles. The Kier molecular flexibility index (Phi) is 7.18. The standard InChI is InChI=1S/C14H19F2N3.HI/c1-2-17-14(19-12-5-6-12)18-8-7-10-3-4-11(15)9-13(10)16;/h3-4,9,12H,2,5-8H2,1H3,(H2,17,18,19);1H. The maximum absolute atomic E-state index is 13.4. The van der Waals surface area contributed by atoms with Crippen molar-refractivity contribution in [1.29, 1.82) is 0 Å². The highest BCUT2D eigenvalue weighted by Gasteiger charge is 2.21. The van der Waals surface area contributed by atoms with Gasteiger partial charge in [-0.25, -0.2) is 8.78 Å². The molecule has 1 aromatic rings. The third-order valence-corrected chi connectivity index (χ3v) is 2.93. The second-order valence-electron chi connectivity index (χ2n) is 4.67. The summed E-state index contributed by atoms with van der Waals surface area (Å²) in [5.41, 5.74) is 0.493. The Bertz CT molecular complexity index is 462. The second-order valence-corrected chi connectivity index (χ2v) is 4.67. The first-order chi connectivity index (χ1) is 9.19. The molecule has 6 heteroatoms. The number of halogens is 3. The SMILES string of the molecule is CCNC(=NCCc1ccc(F)cc1F)NC1CC1.I. The van der Waals surface area contributed by atoms with E-state index in [0.29, 0.717) is 24.6 Å². The van der Waals surface area contributed by atoms with E-state index >= 15 is 0 Å². The Labute approximate surface area is 135 Å². The third kappa shape index (κ3) is 5.60. The van der Waals surface area contributed by atoms with Crippen molar-refractivity contribution in [2.24, 2.45) is 4.99 Å². The van der Waals surface area contributed by atoms with Gasteiger partial charge in [0.1, 0.15) is 11.6 Å². The highest BCUT2D eigenvalue weighted by atomic mass is 127. The number of hydrogen-bond acceptors (Lipinski definition) is 1. The number of guanidine groups is 1. The van der Waals surface area contributed by atoms with Crippen molar-refractivity contribution >= 4 is 29.9 Å². The molecule has 0 aliphatic heterocycles. The molecule has 112 valence electrons. The Balaban J connectivity index is 0.00000200. The van der Waals surface area contributed by atoms with Gasteiger partial charge < -0.3 is 10.6 Å². The summed E-state index contributed by atoms with van der Waals surface area (Å²) in [5.74, 6) is -0.281. The van der Waals surface area contributed by atoms with E-state index in [-0.39, 0.29) is 24.0 Å². The Morgan fingerprint density at radius 1 is 1.35 bits per heavy atom. The maximum atomic E-state index is 13.4. The van der Waals surface area contributed by atoms with Crippen molar-refractivity contribution in [1.82, 2.24) is 10.6 Å². The fraction of sp³-hybridized carbons (Fsp3) is 0.500. The van der Waals surface area contributed by atoms with Crippen LogP contribution in [0, 0.1) is 11.6 Å². The number of rotatable bonds is 5. The molecule has 2 rings (SSSR count). The smallest absolute Gasteiger partial charge is 0.191 e. The van der Waals surface area contributed by atoms with E-state index in [0.717, 1.165) is 18.6 Å². The summed E-state index contributed by atoms with van der Waals surface area (Å²) in [6, 6.07) is 4.18. The Morgan fingerprint density at radius 3 is 2.70 bits per heavy atom. The average Bonchev–Trinajstić information content (AvgIpc) is 3.16. The van der Waals surface area contributed by atoms with Gasteiger partial charge in [-0.05, 0) is 37.8 Å². The quantitative estimate of drug-likeness (QED) is 0.457. The van der Waals surface area contributed by atoms with Gasteiger partial charge in [-0.1, -0.05) is 6.07 Å². The Hall–Kier alpha value is -0.920. The van der Waals surface area contributed by atoms with E-state index in [1.165, 1.54) is 25.0 Å². The molecule has 0 spiro atoms. The molecule has 1 saturated carbocycles. The normalized spacial score (nSPS) is 14.7. The topological polar surface area (TPSA) is 36.4 Å². The summed E-state index contributed by atoms with van der Waals surface area (Å²) in [6.07, 6.45) is 2.82. The summed E-state index contributed by atoms with van der Waals surface area (Å²) in [4.78, 5) is 4.39. The maximum Gasteiger partial charge on any atom is 0.191 e. The van der Waals surface area contributed by atoms with Crippen LogP contribution in [-0.4, -0.2) is 25.1 Å². The average molecular weight is 395 g/mol. The van der Waals surface area contributed by atoms with Crippen LogP contribution in [0.5, 0.6) is 0 Å². The first-order valence-corrected chi connectivity index (χ1v) is 6.68. The Morgan fingerprint density at radius 2 is 2.10 bits per heavy atom. The fourth-order valence-electron chi connectivity index (χ4n) is 1.75. The van der Waals surface area contributed by atoms with Gasteiger partial charge in [0, 0.05) is 25.2 Å². The molecule has 1 aromatic carbocycles. The van der Waals surface area contributed by atoms with E-state index in [9.17, 15) is 8.78 Å². The first-order valence-electron chi connectivity index (χ1n) is 6.68. The molecule has 0 amide bonds. The van der Waals surface area contributed by atoms with Gasteiger partial charge in [-0.3, -0.25) is 4.99 Å². The fourth-order valence-corrected chi connectivity index (χ4v) is 1.75. The number of aliphatic imine (C=N–C) groups is 1. The van der Waals surface area contributed by atoms with Crippen molar-refractivity contribution in [2.75, 3.05) is 13.1 Å². The first kappa shape index (κ1) is 17.1. The molecule has 3 nitrogen and oxygen atoms in total. The molecule has 0 heterocycles. The van der Waals surface area contributed by atoms with E-state index < -0.39 is 11.6 Å². The van der Waals surface area contributed by atoms with Crippen LogP contribution >= 0.6 is 24.0 Å². The van der Waals surface area contributed by atoms with Crippen LogP contribution in [0.4, 0.5) is 8.78 Å². The predicted octanol–water partition coefficient (Wildman–Crippen LogP) is 2.84. The minimum Gasteiger partial charge on any atom is -0.357 e. The summed E-state index contributed by atoms with van der Waals surface area (Å²) < 4.78 is 26.2.